The van der Waals surface area contributed by atoms with E-state index in [1.54, 1.807) is 24.3 Å². The van der Waals surface area contributed by atoms with Gasteiger partial charge in [-0.05, 0) is 12.1 Å². The molecule has 0 atom stereocenters. The Hall–Kier alpha value is -2.47. The van der Waals surface area contributed by atoms with Crippen LogP contribution in [0.4, 0.5) is 0 Å². The minimum Gasteiger partial charge on any atom is -0.268 e. The molecule has 0 bridgehead atoms. The average Bonchev–Trinajstić information content (AvgIpc) is 2.41. The molecule has 1 aromatic heterocycles. The maximum Gasteiger partial charge on any atom is 0.291 e. The second-order valence-electron chi connectivity index (χ2n) is 3.53. The highest BCUT2D eigenvalue weighted by Gasteiger charge is 2.05. The average molecular weight is 277 g/mol. The number of nitrogens with zero attached hydrogens (tertiary/aromatic N) is 2. The van der Waals surface area contributed by atoms with Crippen molar-refractivity contribution in [3.8, 4) is 0 Å². The third-order valence-electron chi connectivity index (χ3n) is 2.19. The first-order valence-corrected chi connectivity index (χ1v) is 5.68. The van der Waals surface area contributed by atoms with Crippen molar-refractivity contribution in [2.24, 2.45) is 5.10 Å². The molecule has 19 heavy (non-hydrogen) atoms. The van der Waals surface area contributed by atoms with Crippen LogP contribution in [0, 0.1) is 0 Å². The number of aromatic nitrogens is 2. The number of benzene rings is 1. The van der Waals surface area contributed by atoms with Crippen LogP contribution in [0.25, 0.3) is 0 Å². The van der Waals surface area contributed by atoms with E-state index >= 15 is 0 Å². The Balaban J connectivity index is 2.03. The predicted molar refractivity (Wildman–Crippen MR) is 71.4 cm³/mol. The van der Waals surface area contributed by atoms with Gasteiger partial charge in [0.2, 0.25) is 0 Å². The van der Waals surface area contributed by atoms with Gasteiger partial charge in [0.1, 0.15) is 0 Å². The van der Waals surface area contributed by atoms with Gasteiger partial charge in [0.05, 0.1) is 6.21 Å². The van der Waals surface area contributed by atoms with Gasteiger partial charge in [-0.25, -0.2) is 10.5 Å². The molecule has 6 nitrogen and oxygen atoms in total. The number of halogens is 1. The fraction of sp³-hybridized carbons (Fsp3) is 0. The molecule has 2 N–H and O–H groups in total. The number of nitrogens with one attached hydrogen (secondary N) is 2. The number of hydrazone groups is 1. The van der Waals surface area contributed by atoms with Crippen LogP contribution < -0.4 is 11.0 Å². The van der Waals surface area contributed by atoms with Gasteiger partial charge in [-0.2, -0.15) is 10.2 Å². The van der Waals surface area contributed by atoms with Gasteiger partial charge in [0, 0.05) is 16.7 Å². The van der Waals surface area contributed by atoms with Gasteiger partial charge in [-0.1, -0.05) is 29.8 Å². The molecule has 2 aromatic rings. The lowest BCUT2D eigenvalue weighted by Crippen LogP contribution is -2.21. The van der Waals surface area contributed by atoms with Crippen LogP contribution in [0.15, 0.2) is 46.3 Å². The topological polar surface area (TPSA) is 87.2 Å². The maximum atomic E-state index is 11.6. The fourth-order valence-corrected chi connectivity index (χ4v) is 1.45. The molecule has 0 aliphatic heterocycles. The number of hydrogen-bond acceptors (Lipinski definition) is 4. The molecule has 0 aliphatic rings. The zero-order chi connectivity index (χ0) is 13.7. The number of rotatable bonds is 3. The third kappa shape index (κ3) is 3.49. The van der Waals surface area contributed by atoms with Gasteiger partial charge in [0.25, 0.3) is 11.5 Å². The number of H-pyrrole nitrogens is 1. The zero-order valence-electron chi connectivity index (χ0n) is 9.63. The van der Waals surface area contributed by atoms with E-state index in [2.05, 4.69) is 20.7 Å². The molecule has 7 heteroatoms. The first-order chi connectivity index (χ1) is 9.16. The van der Waals surface area contributed by atoms with Crippen LogP contribution in [0.5, 0.6) is 0 Å². The first kappa shape index (κ1) is 13.0. The van der Waals surface area contributed by atoms with Crippen molar-refractivity contribution in [3.05, 3.63) is 63.0 Å². The standard InChI is InChI=1S/C12H9ClN4O2/c13-9-4-2-1-3-8(9)7-14-17-12(19)10-5-6-11(18)16-15-10/h1-7H,(H,16,18)(H,17,19)/b14-7+. The van der Waals surface area contributed by atoms with Crippen molar-refractivity contribution < 1.29 is 4.79 Å². The molecule has 0 saturated heterocycles. The quantitative estimate of drug-likeness (QED) is 0.652. The van der Waals surface area contributed by atoms with Gasteiger partial charge in [-0.3, -0.25) is 9.59 Å². The predicted octanol–water partition coefficient (Wildman–Crippen LogP) is 1.19. The van der Waals surface area contributed by atoms with Crippen molar-refractivity contribution >= 4 is 23.7 Å². The van der Waals surface area contributed by atoms with Crippen molar-refractivity contribution in [3.63, 3.8) is 0 Å². The van der Waals surface area contributed by atoms with Crippen LogP contribution >= 0.6 is 11.6 Å². The Morgan fingerprint density at radius 1 is 1.32 bits per heavy atom. The number of carbonyl (C=O) groups is 1. The number of hydrogen-bond donors (Lipinski definition) is 2. The Kier molecular flexibility index (Phi) is 4.04. The van der Waals surface area contributed by atoms with Crippen molar-refractivity contribution in [1.29, 1.82) is 0 Å². The van der Waals surface area contributed by atoms with E-state index in [1.807, 2.05) is 0 Å². The van der Waals surface area contributed by atoms with Crippen molar-refractivity contribution in [2.75, 3.05) is 0 Å². The molecule has 1 aromatic carbocycles. The Bertz CT molecular complexity index is 661. The molecule has 0 fully saturated rings. The molecule has 96 valence electrons. The van der Waals surface area contributed by atoms with E-state index < -0.39 is 5.91 Å². The van der Waals surface area contributed by atoms with E-state index in [1.165, 1.54) is 18.3 Å². The lowest BCUT2D eigenvalue weighted by molar-refractivity contribution is 0.0949. The minimum atomic E-state index is -0.528. The maximum absolute atomic E-state index is 11.6. The molecule has 0 aliphatic carbocycles. The summed E-state index contributed by atoms with van der Waals surface area (Å²) >= 11 is 5.92. The highest BCUT2D eigenvalue weighted by Crippen LogP contribution is 2.11. The Morgan fingerprint density at radius 2 is 2.11 bits per heavy atom. The van der Waals surface area contributed by atoms with Gasteiger partial charge in [-0.15, -0.1) is 0 Å². The van der Waals surface area contributed by atoms with Crippen LogP contribution in [-0.2, 0) is 0 Å². The molecule has 0 unspecified atom stereocenters. The van der Waals surface area contributed by atoms with E-state index in [0.717, 1.165) is 0 Å². The van der Waals surface area contributed by atoms with Crippen molar-refractivity contribution in [2.45, 2.75) is 0 Å². The van der Waals surface area contributed by atoms with E-state index in [0.29, 0.717) is 10.6 Å². The molecule has 0 saturated carbocycles. The van der Waals surface area contributed by atoms with Gasteiger partial charge >= 0.3 is 0 Å². The molecule has 1 amide bonds. The molecule has 0 spiro atoms. The number of aromatic amines is 1. The smallest absolute Gasteiger partial charge is 0.268 e. The summed E-state index contributed by atoms with van der Waals surface area (Å²) in [5, 5.41) is 10.0. The second kappa shape index (κ2) is 5.92. The Labute approximate surface area is 113 Å². The molecule has 1 heterocycles. The monoisotopic (exact) mass is 276 g/mol. The summed E-state index contributed by atoms with van der Waals surface area (Å²) in [6.45, 7) is 0. The molecular weight excluding hydrogens is 268 g/mol. The SMILES string of the molecule is O=C(N/N=C/c1ccccc1Cl)c1ccc(=O)[nH]n1. The van der Waals surface area contributed by atoms with E-state index in [-0.39, 0.29) is 11.3 Å². The lowest BCUT2D eigenvalue weighted by Gasteiger charge is -1.98. The summed E-state index contributed by atoms with van der Waals surface area (Å²) < 4.78 is 0. The highest BCUT2D eigenvalue weighted by molar-refractivity contribution is 6.33. The van der Waals surface area contributed by atoms with E-state index in [4.69, 9.17) is 11.6 Å². The fourth-order valence-electron chi connectivity index (χ4n) is 1.27. The minimum absolute atomic E-state index is 0.0657. The first-order valence-electron chi connectivity index (χ1n) is 5.30. The summed E-state index contributed by atoms with van der Waals surface area (Å²) in [6, 6.07) is 9.59. The van der Waals surface area contributed by atoms with Crippen LogP contribution in [-0.4, -0.2) is 22.3 Å². The van der Waals surface area contributed by atoms with Crippen LogP contribution in [0.3, 0.4) is 0 Å². The van der Waals surface area contributed by atoms with Gasteiger partial charge in [0.15, 0.2) is 5.69 Å². The van der Waals surface area contributed by atoms with Gasteiger partial charge < -0.3 is 0 Å². The molecular formula is C12H9ClN4O2. The van der Waals surface area contributed by atoms with Crippen LogP contribution in [0.1, 0.15) is 16.1 Å². The molecule has 2 rings (SSSR count). The third-order valence-corrected chi connectivity index (χ3v) is 2.53. The second-order valence-corrected chi connectivity index (χ2v) is 3.93. The summed E-state index contributed by atoms with van der Waals surface area (Å²) in [5.41, 5.74) is 2.65. The summed E-state index contributed by atoms with van der Waals surface area (Å²) in [4.78, 5) is 22.4. The highest BCUT2D eigenvalue weighted by atomic mass is 35.5. The van der Waals surface area contributed by atoms with Crippen LogP contribution in [0.2, 0.25) is 5.02 Å². The summed E-state index contributed by atoms with van der Waals surface area (Å²) in [7, 11) is 0. The Morgan fingerprint density at radius 3 is 2.79 bits per heavy atom. The zero-order valence-corrected chi connectivity index (χ0v) is 10.4. The summed E-state index contributed by atoms with van der Waals surface area (Å²) in [5.74, 6) is -0.528. The number of amides is 1. The van der Waals surface area contributed by atoms with E-state index in [9.17, 15) is 9.59 Å². The normalized spacial score (nSPS) is 10.6. The summed E-state index contributed by atoms with van der Waals surface area (Å²) in [6.07, 6.45) is 1.42. The number of carbonyl (C=O) groups excluding carboxylic acids is 1. The van der Waals surface area contributed by atoms with Crippen molar-refractivity contribution in [1.82, 2.24) is 15.6 Å². The largest absolute Gasteiger partial charge is 0.291 e. The molecule has 0 radical (unpaired) electrons. The lowest BCUT2D eigenvalue weighted by atomic mass is 10.2.